The second-order valence-electron chi connectivity index (χ2n) is 10.1. The quantitative estimate of drug-likeness (QED) is 0.591. The average molecular weight is 547 g/mol. The predicted molar refractivity (Wildman–Crippen MR) is 123 cm³/mol. The fourth-order valence-electron chi connectivity index (χ4n) is 5.56. The van der Waals surface area contributed by atoms with Gasteiger partial charge in [0.05, 0.1) is 34.8 Å². The van der Waals surface area contributed by atoms with Gasteiger partial charge in [0.2, 0.25) is 15.9 Å². The summed E-state index contributed by atoms with van der Waals surface area (Å²) in [6.07, 6.45) is -2.49. The van der Waals surface area contributed by atoms with Gasteiger partial charge in [0.1, 0.15) is 6.61 Å². The number of amides is 3. The van der Waals surface area contributed by atoms with Crippen LogP contribution >= 0.6 is 0 Å². The molecule has 14 heteroatoms. The van der Waals surface area contributed by atoms with Gasteiger partial charge in [-0.25, -0.2) is 17.9 Å². The molecular formula is C23H29F3N4O6S. The first-order valence-corrected chi connectivity index (χ1v) is 13.7. The molecule has 37 heavy (non-hydrogen) atoms. The minimum atomic E-state index is -4.55. The summed E-state index contributed by atoms with van der Waals surface area (Å²) in [7, 11) is -4.02. The second kappa shape index (κ2) is 9.71. The van der Waals surface area contributed by atoms with Crippen LogP contribution in [0, 0.1) is 0 Å². The predicted octanol–water partition coefficient (Wildman–Crippen LogP) is 1.32. The highest BCUT2D eigenvalue weighted by Crippen LogP contribution is 2.37. The van der Waals surface area contributed by atoms with Crippen molar-refractivity contribution in [3.05, 3.63) is 29.8 Å². The number of hydrogen-bond acceptors (Lipinski definition) is 6. The third-order valence-electron chi connectivity index (χ3n) is 7.56. The third kappa shape index (κ3) is 5.56. The van der Waals surface area contributed by atoms with E-state index in [1.165, 1.54) is 0 Å². The van der Waals surface area contributed by atoms with Gasteiger partial charge in [0, 0.05) is 32.2 Å². The van der Waals surface area contributed by atoms with E-state index in [1.807, 2.05) is 0 Å². The smallest absolute Gasteiger partial charge is 0.373 e. The van der Waals surface area contributed by atoms with E-state index >= 15 is 0 Å². The number of halogens is 3. The number of rotatable bonds is 3. The molecule has 1 spiro atoms. The number of fused-ring (bicyclic) bond motifs is 1. The zero-order valence-electron chi connectivity index (χ0n) is 20.0. The summed E-state index contributed by atoms with van der Waals surface area (Å²) < 4.78 is 77.9. The first-order valence-electron chi connectivity index (χ1n) is 12.2. The molecule has 3 amide bonds. The van der Waals surface area contributed by atoms with Gasteiger partial charge in [0.25, 0.3) is 0 Å². The summed E-state index contributed by atoms with van der Waals surface area (Å²) >= 11 is 0. The summed E-state index contributed by atoms with van der Waals surface area (Å²) in [5, 5.41) is 2.89. The normalized spacial score (nSPS) is 28.2. The Bertz CT molecular complexity index is 1140. The van der Waals surface area contributed by atoms with Crippen molar-refractivity contribution in [3.8, 4) is 0 Å². The molecule has 3 atom stereocenters. The maximum Gasteiger partial charge on any atom is 0.416 e. The molecule has 4 heterocycles. The van der Waals surface area contributed by atoms with Crippen molar-refractivity contribution in [2.24, 2.45) is 0 Å². The molecule has 4 fully saturated rings. The molecule has 0 saturated carbocycles. The highest BCUT2D eigenvalue weighted by Gasteiger charge is 2.46. The maximum absolute atomic E-state index is 13.1. The van der Waals surface area contributed by atoms with Gasteiger partial charge >= 0.3 is 12.2 Å². The van der Waals surface area contributed by atoms with E-state index in [1.54, 1.807) is 9.80 Å². The topological polar surface area (TPSA) is 117 Å². The number of piperidine rings is 2. The lowest BCUT2D eigenvalue weighted by Crippen LogP contribution is -2.63. The van der Waals surface area contributed by atoms with Crippen molar-refractivity contribution in [1.29, 1.82) is 0 Å². The summed E-state index contributed by atoms with van der Waals surface area (Å²) in [6.45, 7) is 2.02. The van der Waals surface area contributed by atoms with Crippen molar-refractivity contribution >= 4 is 22.0 Å². The Hall–Kier alpha value is -2.42. The standard InChI is InChI=1S/C23H29F3N4O6S/c24-23(25,26)15-1-3-17(4-2-15)37(33,34)28-16-11-22(36-13-16)6-9-29(10-7-22)21(32)30-8-5-19-18(12-30)27-20(31)14-35-19/h1-4,16,18-19,28H,5-14H2,(H,27,31)/t16-,18-,19?/m1/s1. The van der Waals surface area contributed by atoms with Crippen molar-refractivity contribution in [3.63, 3.8) is 0 Å². The number of nitrogens with one attached hydrogen (secondary N) is 2. The number of urea groups is 1. The molecule has 1 aromatic rings. The fraction of sp³-hybridized carbons (Fsp3) is 0.652. The lowest BCUT2D eigenvalue weighted by atomic mass is 9.87. The van der Waals surface area contributed by atoms with Crippen LogP contribution < -0.4 is 10.0 Å². The zero-order valence-corrected chi connectivity index (χ0v) is 20.8. The monoisotopic (exact) mass is 546 g/mol. The highest BCUT2D eigenvalue weighted by atomic mass is 32.2. The number of benzene rings is 1. The van der Waals surface area contributed by atoms with E-state index < -0.39 is 33.4 Å². The molecule has 0 radical (unpaired) electrons. The van der Waals surface area contributed by atoms with Crippen LogP contribution in [0.5, 0.6) is 0 Å². The van der Waals surface area contributed by atoms with E-state index in [9.17, 15) is 31.2 Å². The largest absolute Gasteiger partial charge is 0.416 e. The number of sulfonamides is 1. The van der Waals surface area contributed by atoms with E-state index in [2.05, 4.69) is 10.0 Å². The molecule has 1 unspecified atom stereocenters. The van der Waals surface area contributed by atoms with Crippen LogP contribution in [-0.2, 0) is 30.5 Å². The lowest BCUT2D eigenvalue weighted by Gasteiger charge is -2.44. The summed E-state index contributed by atoms with van der Waals surface area (Å²) in [5.41, 5.74) is -1.49. The number of ether oxygens (including phenoxy) is 2. The molecule has 4 aliphatic rings. The van der Waals surface area contributed by atoms with Gasteiger partial charge in [0.15, 0.2) is 0 Å². The molecular weight excluding hydrogens is 517 g/mol. The SMILES string of the molecule is O=C1COC2CCN(C(=O)N3CCC4(CC3)C[C@@H](NS(=O)(=O)c3ccc(C(F)(F)F)cc3)CO4)C[C@H]2N1. The molecule has 1 aromatic carbocycles. The molecule has 0 bridgehead atoms. The van der Waals surface area contributed by atoms with Crippen molar-refractivity contribution < 1.29 is 40.7 Å². The van der Waals surface area contributed by atoms with E-state index in [0.29, 0.717) is 51.9 Å². The summed E-state index contributed by atoms with van der Waals surface area (Å²) in [4.78, 5) is 28.0. The Balaban J connectivity index is 1.13. The number of hydrogen-bond donors (Lipinski definition) is 2. The summed E-state index contributed by atoms with van der Waals surface area (Å²) in [6, 6.07) is 2.51. The van der Waals surface area contributed by atoms with Gasteiger partial charge in [-0.1, -0.05) is 0 Å². The van der Waals surface area contributed by atoms with Crippen LogP contribution in [0.15, 0.2) is 29.2 Å². The Morgan fingerprint density at radius 3 is 2.49 bits per heavy atom. The van der Waals surface area contributed by atoms with Crippen molar-refractivity contribution in [2.75, 3.05) is 39.4 Å². The lowest BCUT2D eigenvalue weighted by molar-refractivity contribution is -0.140. The van der Waals surface area contributed by atoms with Gasteiger partial charge < -0.3 is 24.6 Å². The Morgan fingerprint density at radius 1 is 1.11 bits per heavy atom. The third-order valence-corrected chi connectivity index (χ3v) is 9.10. The molecule has 10 nitrogen and oxygen atoms in total. The van der Waals surface area contributed by atoms with E-state index in [4.69, 9.17) is 9.47 Å². The first kappa shape index (κ1) is 26.2. The molecule has 2 N–H and O–H groups in total. The van der Waals surface area contributed by atoms with Crippen molar-refractivity contribution in [1.82, 2.24) is 19.8 Å². The average Bonchev–Trinajstić information content (AvgIpc) is 3.24. The zero-order chi connectivity index (χ0) is 26.4. The maximum atomic E-state index is 13.1. The van der Waals surface area contributed by atoms with Crippen LogP contribution in [0.4, 0.5) is 18.0 Å². The molecule has 0 aliphatic carbocycles. The number of carbonyl (C=O) groups excluding carboxylic acids is 2. The molecule has 0 aromatic heterocycles. The van der Waals surface area contributed by atoms with Crippen LogP contribution in [0.3, 0.4) is 0 Å². The van der Waals surface area contributed by atoms with Crippen LogP contribution in [-0.4, -0.2) is 93.3 Å². The Kier molecular flexibility index (Phi) is 6.88. The van der Waals surface area contributed by atoms with Crippen LogP contribution in [0.1, 0.15) is 31.2 Å². The van der Waals surface area contributed by atoms with Crippen LogP contribution in [0.2, 0.25) is 0 Å². The first-order chi connectivity index (χ1) is 17.4. The fourth-order valence-corrected chi connectivity index (χ4v) is 6.78. The number of morpholine rings is 1. The van der Waals surface area contributed by atoms with Gasteiger partial charge in [-0.3, -0.25) is 4.79 Å². The van der Waals surface area contributed by atoms with E-state index in [-0.39, 0.29) is 42.2 Å². The van der Waals surface area contributed by atoms with E-state index in [0.717, 1.165) is 24.3 Å². The highest BCUT2D eigenvalue weighted by molar-refractivity contribution is 7.89. The molecule has 4 aliphatic heterocycles. The van der Waals surface area contributed by atoms with Crippen molar-refractivity contribution in [2.45, 2.75) is 60.5 Å². The second-order valence-corrected chi connectivity index (χ2v) is 11.8. The van der Waals surface area contributed by atoms with Crippen LogP contribution in [0.25, 0.3) is 0 Å². The van der Waals surface area contributed by atoms with Gasteiger partial charge in [-0.2, -0.15) is 13.2 Å². The molecule has 5 rings (SSSR count). The van der Waals surface area contributed by atoms with Gasteiger partial charge in [-0.05, 0) is 49.9 Å². The minimum absolute atomic E-state index is 0.0464. The number of carbonyl (C=O) groups is 2. The molecule has 204 valence electrons. The Morgan fingerprint density at radius 2 is 1.81 bits per heavy atom. The number of likely N-dealkylation sites (tertiary alicyclic amines) is 2. The number of alkyl halides is 3. The Labute approximate surface area is 212 Å². The summed E-state index contributed by atoms with van der Waals surface area (Å²) in [5.74, 6) is -0.183. The van der Waals surface area contributed by atoms with Gasteiger partial charge in [-0.15, -0.1) is 0 Å². The minimum Gasteiger partial charge on any atom is -0.373 e. The number of nitrogens with zero attached hydrogens (tertiary/aromatic N) is 2. The molecule has 4 saturated heterocycles.